The van der Waals surface area contributed by atoms with Gasteiger partial charge in [-0.2, -0.15) is 10.2 Å². The van der Waals surface area contributed by atoms with Crippen LogP contribution in [0.3, 0.4) is 0 Å². The molecule has 0 saturated carbocycles. The van der Waals surface area contributed by atoms with Gasteiger partial charge in [0.25, 0.3) is 0 Å². The van der Waals surface area contributed by atoms with Crippen molar-refractivity contribution in [3.8, 4) is 0 Å². The minimum Gasteiger partial charge on any atom is -0.383 e. The van der Waals surface area contributed by atoms with Crippen molar-refractivity contribution in [3.63, 3.8) is 0 Å². The van der Waals surface area contributed by atoms with Gasteiger partial charge in [-0.25, -0.2) is 0 Å². The van der Waals surface area contributed by atoms with E-state index in [0.717, 1.165) is 34.5 Å². The lowest BCUT2D eigenvalue weighted by molar-refractivity contribution is 0.167. The van der Waals surface area contributed by atoms with Gasteiger partial charge in [-0.1, -0.05) is 6.92 Å². The van der Waals surface area contributed by atoms with Crippen LogP contribution in [0.4, 0.5) is 0 Å². The summed E-state index contributed by atoms with van der Waals surface area (Å²) in [6.07, 6.45) is 1.77. The molecular formula is C14H21BrN4O2. The highest BCUT2D eigenvalue weighted by molar-refractivity contribution is 9.10. The molecule has 21 heavy (non-hydrogen) atoms. The Morgan fingerprint density at radius 3 is 2.76 bits per heavy atom. The van der Waals surface area contributed by atoms with E-state index in [0.29, 0.717) is 13.2 Å². The molecular weight excluding hydrogens is 336 g/mol. The van der Waals surface area contributed by atoms with Gasteiger partial charge in [-0.05, 0) is 35.3 Å². The summed E-state index contributed by atoms with van der Waals surface area (Å²) in [5, 5.41) is 19.5. The van der Waals surface area contributed by atoms with Gasteiger partial charge in [-0.15, -0.1) is 0 Å². The molecule has 1 unspecified atom stereocenters. The van der Waals surface area contributed by atoms with E-state index in [4.69, 9.17) is 4.74 Å². The fourth-order valence-electron chi connectivity index (χ4n) is 2.27. The molecule has 0 saturated heterocycles. The Bertz CT molecular complexity index is 594. The minimum atomic E-state index is -0.772. The summed E-state index contributed by atoms with van der Waals surface area (Å²) < 4.78 is 9.47. The molecule has 2 heterocycles. The van der Waals surface area contributed by atoms with Crippen LogP contribution in [0.2, 0.25) is 0 Å². The minimum absolute atomic E-state index is 0.543. The van der Waals surface area contributed by atoms with Gasteiger partial charge in [0.2, 0.25) is 0 Å². The number of rotatable bonds is 7. The predicted molar refractivity (Wildman–Crippen MR) is 83.1 cm³/mol. The summed E-state index contributed by atoms with van der Waals surface area (Å²) in [5.41, 5.74) is 2.49. The van der Waals surface area contributed by atoms with Gasteiger partial charge >= 0.3 is 0 Å². The molecule has 1 N–H and O–H groups in total. The number of aromatic nitrogens is 4. The van der Waals surface area contributed by atoms with E-state index in [-0.39, 0.29) is 0 Å². The van der Waals surface area contributed by atoms with E-state index in [2.05, 4.69) is 33.1 Å². The topological polar surface area (TPSA) is 65.1 Å². The predicted octanol–water partition coefficient (Wildman–Crippen LogP) is 2.15. The maximum Gasteiger partial charge on any atom is 0.138 e. The van der Waals surface area contributed by atoms with Crippen molar-refractivity contribution in [1.29, 1.82) is 0 Å². The lowest BCUT2D eigenvalue weighted by Crippen LogP contribution is -2.16. The number of hydrogen-bond acceptors (Lipinski definition) is 4. The second kappa shape index (κ2) is 7.20. The maximum absolute atomic E-state index is 10.8. The lowest BCUT2D eigenvalue weighted by atomic mass is 10.1. The fraction of sp³-hybridized carbons (Fsp3) is 0.571. The molecule has 1 atom stereocenters. The Kier molecular flexibility index (Phi) is 5.55. The fourth-order valence-corrected chi connectivity index (χ4v) is 2.79. The highest BCUT2D eigenvalue weighted by Gasteiger charge is 2.23. The first-order valence-corrected chi connectivity index (χ1v) is 7.86. The van der Waals surface area contributed by atoms with E-state index in [1.165, 1.54) is 0 Å². The first-order valence-electron chi connectivity index (χ1n) is 7.07. The van der Waals surface area contributed by atoms with Crippen molar-refractivity contribution in [2.45, 2.75) is 39.5 Å². The summed E-state index contributed by atoms with van der Waals surface area (Å²) in [7, 11) is 1.65. The Hall–Kier alpha value is -1.18. The smallest absolute Gasteiger partial charge is 0.138 e. The number of halogens is 1. The van der Waals surface area contributed by atoms with Gasteiger partial charge in [-0.3, -0.25) is 9.36 Å². The number of ether oxygens (including phenoxy) is 1. The summed E-state index contributed by atoms with van der Waals surface area (Å²) >= 11 is 3.46. The van der Waals surface area contributed by atoms with E-state index >= 15 is 0 Å². The number of methoxy groups -OCH3 is 1. The molecule has 0 aliphatic heterocycles. The van der Waals surface area contributed by atoms with Crippen LogP contribution in [0, 0.1) is 0 Å². The Labute approximate surface area is 132 Å². The third kappa shape index (κ3) is 3.36. The Balaban J connectivity index is 2.37. The molecule has 0 aromatic carbocycles. The zero-order valence-corrected chi connectivity index (χ0v) is 14.2. The molecule has 116 valence electrons. The van der Waals surface area contributed by atoms with Crippen LogP contribution in [0.5, 0.6) is 0 Å². The number of aliphatic hydroxyl groups is 1. The summed E-state index contributed by atoms with van der Waals surface area (Å²) in [4.78, 5) is 0. The van der Waals surface area contributed by atoms with Crippen molar-refractivity contribution in [2.24, 2.45) is 0 Å². The van der Waals surface area contributed by atoms with Crippen LogP contribution in [-0.4, -0.2) is 38.4 Å². The third-order valence-corrected chi connectivity index (χ3v) is 4.01. The van der Waals surface area contributed by atoms with Crippen LogP contribution in [0.15, 0.2) is 16.7 Å². The van der Waals surface area contributed by atoms with Crippen LogP contribution >= 0.6 is 15.9 Å². The first-order chi connectivity index (χ1) is 10.1. The summed E-state index contributed by atoms with van der Waals surface area (Å²) in [6, 6.07) is 1.95. The highest BCUT2D eigenvalue weighted by Crippen LogP contribution is 2.29. The molecule has 0 amide bonds. The number of nitrogens with zero attached hydrogens (tertiary/aromatic N) is 4. The average Bonchev–Trinajstić information content (AvgIpc) is 3.07. The molecule has 7 heteroatoms. The number of aliphatic hydroxyl groups excluding tert-OH is 1. The van der Waals surface area contributed by atoms with Crippen molar-refractivity contribution < 1.29 is 9.84 Å². The molecule has 6 nitrogen and oxygen atoms in total. The van der Waals surface area contributed by atoms with Crippen molar-refractivity contribution >= 4 is 15.9 Å². The van der Waals surface area contributed by atoms with Gasteiger partial charge in [0.15, 0.2) is 0 Å². The lowest BCUT2D eigenvalue weighted by Gasteiger charge is -2.15. The molecule has 2 aromatic rings. The van der Waals surface area contributed by atoms with Crippen LogP contribution < -0.4 is 0 Å². The van der Waals surface area contributed by atoms with Gasteiger partial charge in [0.05, 0.1) is 40.9 Å². The molecule has 0 bridgehead atoms. The Morgan fingerprint density at radius 1 is 1.38 bits per heavy atom. The van der Waals surface area contributed by atoms with Gasteiger partial charge in [0, 0.05) is 13.7 Å². The highest BCUT2D eigenvalue weighted by atomic mass is 79.9. The van der Waals surface area contributed by atoms with Gasteiger partial charge < -0.3 is 9.84 Å². The number of hydrogen-bond donors (Lipinski definition) is 1. The van der Waals surface area contributed by atoms with E-state index in [1.807, 2.05) is 17.7 Å². The molecule has 0 radical (unpaired) electrons. The molecule has 0 fully saturated rings. The van der Waals surface area contributed by atoms with E-state index in [9.17, 15) is 5.11 Å². The largest absolute Gasteiger partial charge is 0.383 e. The number of aryl methyl sites for hydroxylation is 2. The standard InChI is InChI=1S/C14H21BrN4O2/c1-4-10-8-12(18(5-2)17-10)14(20)13-11(15)9-16-19(13)6-7-21-3/h8-9,14,20H,4-7H2,1-3H3. The molecule has 0 aliphatic carbocycles. The second-order valence-corrected chi connectivity index (χ2v) is 5.58. The van der Waals surface area contributed by atoms with E-state index < -0.39 is 6.10 Å². The Morgan fingerprint density at radius 2 is 2.14 bits per heavy atom. The van der Waals surface area contributed by atoms with Crippen molar-refractivity contribution in [3.05, 3.63) is 33.8 Å². The molecule has 2 aromatic heterocycles. The van der Waals surface area contributed by atoms with Crippen LogP contribution in [-0.2, 0) is 24.2 Å². The van der Waals surface area contributed by atoms with Crippen molar-refractivity contribution in [1.82, 2.24) is 19.6 Å². The van der Waals surface area contributed by atoms with Crippen LogP contribution in [0.25, 0.3) is 0 Å². The summed E-state index contributed by atoms with van der Waals surface area (Å²) in [5.74, 6) is 0. The van der Waals surface area contributed by atoms with Crippen molar-refractivity contribution in [2.75, 3.05) is 13.7 Å². The second-order valence-electron chi connectivity index (χ2n) is 4.73. The quantitative estimate of drug-likeness (QED) is 0.825. The first kappa shape index (κ1) is 16.2. The zero-order chi connectivity index (χ0) is 15.4. The van der Waals surface area contributed by atoms with E-state index in [1.54, 1.807) is 18.0 Å². The molecule has 2 rings (SSSR count). The SMILES string of the molecule is CCc1cc(C(O)c2c(Br)cnn2CCOC)n(CC)n1. The average molecular weight is 357 g/mol. The summed E-state index contributed by atoms with van der Waals surface area (Å²) in [6.45, 7) is 5.92. The van der Waals surface area contributed by atoms with Crippen LogP contribution in [0.1, 0.15) is 37.0 Å². The zero-order valence-electron chi connectivity index (χ0n) is 12.6. The molecule has 0 spiro atoms. The molecule has 0 aliphatic rings. The monoisotopic (exact) mass is 356 g/mol. The van der Waals surface area contributed by atoms with Gasteiger partial charge in [0.1, 0.15) is 6.10 Å². The normalized spacial score (nSPS) is 12.8. The maximum atomic E-state index is 10.8. The third-order valence-electron chi connectivity index (χ3n) is 3.40.